The number of carboxylic acids is 1. The van der Waals surface area contributed by atoms with Crippen LogP contribution in [0.1, 0.15) is 37.6 Å². The first-order valence-electron chi connectivity index (χ1n) is 9.71. The zero-order chi connectivity index (χ0) is 24.3. The Morgan fingerprint density at radius 2 is 2.09 bits per heavy atom. The third-order valence-electron chi connectivity index (χ3n) is 4.79. The molecule has 0 amide bonds. The van der Waals surface area contributed by atoms with Gasteiger partial charge in [-0.15, -0.1) is 0 Å². The second-order valence-electron chi connectivity index (χ2n) is 7.09. The van der Waals surface area contributed by atoms with Crippen molar-refractivity contribution in [2.24, 2.45) is 5.10 Å². The highest BCUT2D eigenvalue weighted by Crippen LogP contribution is 2.36. The van der Waals surface area contributed by atoms with Gasteiger partial charge < -0.3 is 9.84 Å². The molecule has 0 aliphatic carbocycles. The van der Waals surface area contributed by atoms with Crippen LogP contribution in [-0.4, -0.2) is 38.5 Å². The Bertz CT molecular complexity index is 1340. The number of nitro benzene ring substituents is 1. The van der Waals surface area contributed by atoms with Crippen molar-refractivity contribution in [1.82, 2.24) is 9.66 Å². The van der Waals surface area contributed by atoms with Crippen LogP contribution in [0, 0.1) is 10.1 Å². The normalized spacial score (nSPS) is 12.2. The van der Waals surface area contributed by atoms with Crippen LogP contribution in [0.4, 0.5) is 5.69 Å². The number of nitrogens with zero attached hydrogens (tertiary/aromatic N) is 4. The highest BCUT2D eigenvalue weighted by Gasteiger charge is 2.21. The molecular weight excluding hydrogens is 564 g/mol. The van der Waals surface area contributed by atoms with E-state index < -0.39 is 23.2 Å². The molecule has 12 heteroatoms. The lowest BCUT2D eigenvalue weighted by Gasteiger charge is -2.14. The molecule has 33 heavy (non-hydrogen) atoms. The molecule has 1 N–H and O–H groups in total. The van der Waals surface area contributed by atoms with E-state index in [0.717, 1.165) is 10.9 Å². The minimum Gasteiger partial charge on any atom is -0.479 e. The largest absolute Gasteiger partial charge is 0.479 e. The average molecular weight is 582 g/mol. The lowest BCUT2D eigenvalue weighted by Crippen LogP contribution is -2.23. The fourth-order valence-corrected chi connectivity index (χ4v) is 3.93. The number of benzene rings is 2. The Balaban J connectivity index is 2.13. The number of hydrogen-bond acceptors (Lipinski definition) is 7. The van der Waals surface area contributed by atoms with E-state index in [0.29, 0.717) is 22.3 Å². The maximum Gasteiger partial charge on any atom is 0.341 e. The monoisotopic (exact) mass is 580 g/mol. The number of carbonyl (C=O) groups is 1. The minimum absolute atomic E-state index is 0.0734. The van der Waals surface area contributed by atoms with Gasteiger partial charge in [0.05, 0.1) is 26.5 Å². The zero-order valence-electron chi connectivity index (χ0n) is 17.5. The van der Waals surface area contributed by atoms with Gasteiger partial charge in [0.1, 0.15) is 5.82 Å². The van der Waals surface area contributed by atoms with E-state index in [1.165, 1.54) is 23.0 Å². The Labute approximate surface area is 204 Å². The summed E-state index contributed by atoms with van der Waals surface area (Å²) in [7, 11) is 0. The van der Waals surface area contributed by atoms with E-state index in [1.807, 2.05) is 13.8 Å². The summed E-state index contributed by atoms with van der Waals surface area (Å²) in [5.41, 5.74) is 0.0285. The van der Waals surface area contributed by atoms with Gasteiger partial charge in [-0.05, 0) is 46.6 Å². The summed E-state index contributed by atoms with van der Waals surface area (Å²) >= 11 is 6.53. The van der Waals surface area contributed by atoms with Crippen molar-refractivity contribution in [3.05, 3.63) is 71.1 Å². The maximum absolute atomic E-state index is 13.2. The quantitative estimate of drug-likeness (QED) is 0.231. The first kappa shape index (κ1) is 24.5. The Kier molecular flexibility index (Phi) is 7.59. The van der Waals surface area contributed by atoms with Gasteiger partial charge >= 0.3 is 11.7 Å². The fraction of sp³-hybridized carbons (Fsp3) is 0.238. The number of aliphatic carboxylic acids is 1. The van der Waals surface area contributed by atoms with Crippen LogP contribution in [0.3, 0.4) is 0 Å². The molecule has 172 valence electrons. The number of carboxylic acid groups (broad SMARTS) is 1. The summed E-state index contributed by atoms with van der Waals surface area (Å²) < 4.78 is 7.14. The van der Waals surface area contributed by atoms with Crippen LogP contribution in [0.15, 0.2) is 49.2 Å². The highest BCUT2D eigenvalue weighted by atomic mass is 79.9. The van der Waals surface area contributed by atoms with Crippen LogP contribution < -0.4 is 10.3 Å². The molecule has 3 aromatic rings. The molecule has 1 aromatic heterocycles. The van der Waals surface area contributed by atoms with E-state index in [9.17, 15) is 19.7 Å². The molecule has 3 rings (SSSR count). The molecule has 0 saturated carbocycles. The smallest absolute Gasteiger partial charge is 0.341 e. The predicted octanol–water partition coefficient (Wildman–Crippen LogP) is 4.69. The highest BCUT2D eigenvalue weighted by molar-refractivity contribution is 9.10. The molecule has 0 saturated heterocycles. The van der Waals surface area contributed by atoms with Gasteiger partial charge in [0.25, 0.3) is 5.56 Å². The van der Waals surface area contributed by atoms with Gasteiger partial charge in [0, 0.05) is 22.0 Å². The van der Waals surface area contributed by atoms with Gasteiger partial charge in [-0.3, -0.25) is 14.9 Å². The van der Waals surface area contributed by atoms with E-state index in [2.05, 4.69) is 41.9 Å². The molecule has 1 heterocycles. The van der Waals surface area contributed by atoms with E-state index >= 15 is 0 Å². The van der Waals surface area contributed by atoms with E-state index in [-0.39, 0.29) is 21.7 Å². The molecular formula is C21H18Br2N4O6. The first-order chi connectivity index (χ1) is 15.6. The second-order valence-corrected chi connectivity index (χ2v) is 8.86. The van der Waals surface area contributed by atoms with E-state index in [4.69, 9.17) is 9.84 Å². The number of rotatable bonds is 8. The second kappa shape index (κ2) is 10.2. The molecule has 0 spiro atoms. The SMILES string of the molecule is CC[C@H](C)c1nc2ccc(Br)cc2c(=O)n1N=Cc1cc(Br)c(OCC(=O)O)c([N+](=O)[O-])c1. The summed E-state index contributed by atoms with van der Waals surface area (Å²) in [5.74, 6) is -1.09. The Morgan fingerprint density at radius 3 is 2.73 bits per heavy atom. The summed E-state index contributed by atoms with van der Waals surface area (Å²) in [6, 6.07) is 7.87. The average Bonchev–Trinajstić information content (AvgIpc) is 2.76. The Hall–Kier alpha value is -3.12. The zero-order valence-corrected chi connectivity index (χ0v) is 20.7. The van der Waals surface area contributed by atoms with Crippen LogP contribution in [0.5, 0.6) is 5.75 Å². The van der Waals surface area contributed by atoms with E-state index in [1.54, 1.807) is 18.2 Å². The third-order valence-corrected chi connectivity index (χ3v) is 5.87. The topological polar surface area (TPSA) is 137 Å². The van der Waals surface area contributed by atoms with Gasteiger partial charge in [0.2, 0.25) is 5.75 Å². The summed E-state index contributed by atoms with van der Waals surface area (Å²) in [6.45, 7) is 3.15. The van der Waals surface area contributed by atoms with Crippen LogP contribution in [-0.2, 0) is 4.79 Å². The molecule has 0 unspecified atom stereocenters. The number of ether oxygens (including phenoxy) is 1. The van der Waals surface area contributed by atoms with Gasteiger partial charge in [0.15, 0.2) is 6.61 Å². The van der Waals surface area contributed by atoms with Crippen LogP contribution in [0.25, 0.3) is 10.9 Å². The standard InChI is InChI=1S/C21H18Br2N4O6/c1-3-11(2)20-25-16-5-4-13(22)8-14(16)21(30)26(20)24-9-12-6-15(23)19(33-10-18(28)29)17(7-12)27(31)32/h4-9,11H,3,10H2,1-2H3,(H,28,29)/t11-/m0/s1. The molecule has 0 bridgehead atoms. The molecule has 0 aliphatic rings. The Morgan fingerprint density at radius 1 is 1.36 bits per heavy atom. The van der Waals surface area contributed by atoms with Gasteiger partial charge in [-0.25, -0.2) is 9.78 Å². The predicted molar refractivity (Wildman–Crippen MR) is 129 cm³/mol. The molecule has 10 nitrogen and oxygen atoms in total. The molecule has 1 atom stereocenters. The number of nitro groups is 1. The molecule has 0 fully saturated rings. The lowest BCUT2D eigenvalue weighted by atomic mass is 10.1. The number of fused-ring (bicyclic) bond motifs is 1. The maximum atomic E-state index is 13.2. The minimum atomic E-state index is -1.27. The van der Waals surface area contributed by atoms with Crippen LogP contribution in [0.2, 0.25) is 0 Å². The van der Waals surface area contributed by atoms with Crippen molar-refractivity contribution in [2.75, 3.05) is 6.61 Å². The number of hydrogen-bond donors (Lipinski definition) is 1. The van der Waals surface area contributed by atoms with Crippen molar-refractivity contribution >= 4 is 60.6 Å². The number of halogens is 2. The van der Waals surface area contributed by atoms with Crippen molar-refractivity contribution < 1.29 is 19.6 Å². The summed E-state index contributed by atoms with van der Waals surface area (Å²) in [6.07, 6.45) is 2.02. The van der Waals surface area contributed by atoms with Crippen LogP contribution >= 0.6 is 31.9 Å². The van der Waals surface area contributed by atoms with Gasteiger partial charge in [-0.2, -0.15) is 9.78 Å². The molecule has 0 radical (unpaired) electrons. The third kappa shape index (κ3) is 5.45. The van der Waals surface area contributed by atoms with Crippen molar-refractivity contribution in [2.45, 2.75) is 26.2 Å². The lowest BCUT2D eigenvalue weighted by molar-refractivity contribution is -0.385. The fourth-order valence-electron chi connectivity index (χ4n) is 2.99. The van der Waals surface area contributed by atoms with Crippen molar-refractivity contribution in [3.8, 4) is 5.75 Å². The number of aromatic nitrogens is 2. The van der Waals surface area contributed by atoms with Gasteiger partial charge in [-0.1, -0.05) is 29.8 Å². The molecule has 0 aliphatic heterocycles. The molecule has 2 aromatic carbocycles. The van der Waals surface area contributed by atoms with Crippen molar-refractivity contribution in [3.63, 3.8) is 0 Å². The first-order valence-corrected chi connectivity index (χ1v) is 11.3. The summed E-state index contributed by atoms with van der Waals surface area (Å²) in [4.78, 5) is 39.4. The summed E-state index contributed by atoms with van der Waals surface area (Å²) in [5, 5.41) is 25.0. The van der Waals surface area contributed by atoms with Crippen molar-refractivity contribution in [1.29, 1.82) is 0 Å².